The van der Waals surface area contributed by atoms with E-state index in [-0.39, 0.29) is 0 Å². The third-order valence-electron chi connectivity index (χ3n) is 8.90. The molecule has 0 amide bonds. The van der Waals surface area contributed by atoms with Crippen molar-refractivity contribution < 1.29 is 0 Å². The Kier molecular flexibility index (Phi) is 4.39. The normalized spacial score (nSPS) is 12.2. The molecule has 0 aliphatic heterocycles. The monoisotopic (exact) mass is 549 g/mol. The van der Waals surface area contributed by atoms with Crippen LogP contribution in [-0.2, 0) is 0 Å². The van der Waals surface area contributed by atoms with Gasteiger partial charge in [-0.2, -0.15) is 0 Å². The van der Waals surface area contributed by atoms with E-state index >= 15 is 0 Å². The van der Waals surface area contributed by atoms with Crippen LogP contribution in [0.15, 0.2) is 140 Å². The first-order chi connectivity index (χ1) is 21.4. The molecule has 43 heavy (non-hydrogen) atoms. The van der Waals surface area contributed by atoms with E-state index in [1.807, 2.05) is 18.5 Å². The van der Waals surface area contributed by atoms with Crippen LogP contribution in [0.1, 0.15) is 0 Å². The van der Waals surface area contributed by atoms with Crippen LogP contribution in [0.25, 0.3) is 82.4 Å². The first-order valence-corrected chi connectivity index (χ1v) is 14.5. The molecule has 0 saturated carbocycles. The number of fused-ring (bicyclic) bond motifs is 15. The Morgan fingerprint density at radius 2 is 0.953 bits per heavy atom. The molecule has 0 atom stereocenters. The molecule has 0 spiro atoms. The van der Waals surface area contributed by atoms with E-state index in [0.717, 1.165) is 49.9 Å². The van der Waals surface area contributed by atoms with E-state index in [2.05, 4.69) is 135 Å². The molecule has 5 nitrogen and oxygen atoms in total. The number of para-hydroxylation sites is 4. The van der Waals surface area contributed by atoms with Gasteiger partial charge in [0.2, 0.25) is 0 Å². The fourth-order valence-corrected chi connectivity index (χ4v) is 7.30. The Labute approximate surface area is 245 Å². The van der Waals surface area contributed by atoms with Gasteiger partial charge in [-0.05, 0) is 48.5 Å². The summed E-state index contributed by atoms with van der Waals surface area (Å²) in [7, 11) is 0. The molecule has 0 aliphatic carbocycles. The van der Waals surface area contributed by atoms with Gasteiger partial charge >= 0.3 is 0 Å². The number of hydrogen-bond acceptors (Lipinski definition) is 2. The van der Waals surface area contributed by atoms with Crippen molar-refractivity contribution in [3.63, 3.8) is 0 Å². The lowest BCUT2D eigenvalue weighted by Gasteiger charge is -2.16. The first kappa shape index (κ1) is 22.7. The molecule has 5 aromatic carbocycles. The summed E-state index contributed by atoms with van der Waals surface area (Å²) in [6.45, 7) is 0. The van der Waals surface area contributed by atoms with Crippen LogP contribution in [0.5, 0.6) is 0 Å². The molecular weight excluding hydrogens is 526 g/mol. The van der Waals surface area contributed by atoms with Gasteiger partial charge in [-0.15, -0.1) is 0 Å². The highest BCUT2D eigenvalue weighted by molar-refractivity contribution is 6.41. The second-order valence-electron chi connectivity index (χ2n) is 11.1. The summed E-state index contributed by atoms with van der Waals surface area (Å²) in [5.74, 6) is 0. The van der Waals surface area contributed by atoms with Crippen molar-refractivity contribution in [1.29, 1.82) is 0 Å². The quantitative estimate of drug-likeness (QED) is 0.202. The number of aromatic nitrogens is 5. The molecule has 0 bridgehead atoms. The summed E-state index contributed by atoms with van der Waals surface area (Å²) in [5.41, 5.74) is 9.79. The fraction of sp³-hybridized carbons (Fsp3) is 0. The van der Waals surface area contributed by atoms with Crippen LogP contribution < -0.4 is 0 Å². The van der Waals surface area contributed by atoms with E-state index in [1.54, 1.807) is 0 Å². The van der Waals surface area contributed by atoms with Crippen molar-refractivity contribution in [2.75, 3.05) is 0 Å². The second-order valence-corrected chi connectivity index (χ2v) is 11.1. The zero-order valence-corrected chi connectivity index (χ0v) is 23.0. The summed E-state index contributed by atoms with van der Waals surface area (Å²) >= 11 is 0. The zero-order chi connectivity index (χ0) is 28.1. The Bertz CT molecular complexity index is 2710. The van der Waals surface area contributed by atoms with Crippen LogP contribution in [0, 0.1) is 0 Å². The SMILES string of the molecule is c1ccc(-n2c3ccccc3c3c4c5ccccc5n(-c5ccccc5)c4c4c(c5ncccc5n5ccnc45)c32)cc1. The smallest absolute Gasteiger partial charge is 0.147 e. The van der Waals surface area contributed by atoms with Crippen molar-refractivity contribution in [2.45, 2.75) is 0 Å². The van der Waals surface area contributed by atoms with E-state index in [4.69, 9.17) is 9.97 Å². The third-order valence-corrected chi connectivity index (χ3v) is 8.90. The average Bonchev–Trinajstić information content (AvgIpc) is 3.78. The van der Waals surface area contributed by atoms with Crippen molar-refractivity contribution in [2.24, 2.45) is 0 Å². The van der Waals surface area contributed by atoms with E-state index < -0.39 is 0 Å². The summed E-state index contributed by atoms with van der Waals surface area (Å²) in [4.78, 5) is 10.1. The van der Waals surface area contributed by atoms with Gasteiger partial charge in [0.15, 0.2) is 0 Å². The van der Waals surface area contributed by atoms with Gasteiger partial charge < -0.3 is 9.13 Å². The largest absolute Gasteiger partial charge is 0.309 e. The van der Waals surface area contributed by atoms with E-state index in [1.165, 1.54) is 32.6 Å². The van der Waals surface area contributed by atoms with Gasteiger partial charge in [0.05, 0.1) is 38.5 Å². The fourth-order valence-electron chi connectivity index (χ4n) is 7.30. The molecule has 10 aromatic rings. The second kappa shape index (κ2) is 8.30. The first-order valence-electron chi connectivity index (χ1n) is 14.5. The van der Waals surface area contributed by atoms with Crippen LogP contribution in [-0.4, -0.2) is 23.5 Å². The van der Waals surface area contributed by atoms with Gasteiger partial charge in [-0.1, -0.05) is 72.8 Å². The lowest BCUT2D eigenvalue weighted by molar-refractivity contribution is 1.18. The summed E-state index contributed by atoms with van der Waals surface area (Å²) in [6.07, 6.45) is 5.86. The molecule has 0 unspecified atom stereocenters. The number of pyridine rings is 2. The standard InChI is InChI=1S/C38H23N5/c1-3-12-24(13-4-1)42-28-18-9-7-16-26(28)31-32-27-17-8-10-19-29(27)43(25-14-5-2-6-15-25)37(32)34-33(36(31)42)35-30(20-11-21-39-35)41-23-22-40-38(34)41/h1-23H. The maximum atomic E-state index is 5.09. The summed E-state index contributed by atoms with van der Waals surface area (Å²) < 4.78 is 7.04. The molecule has 200 valence electrons. The molecule has 0 aliphatic rings. The van der Waals surface area contributed by atoms with E-state index in [9.17, 15) is 0 Å². The molecule has 0 radical (unpaired) electrons. The lowest BCUT2D eigenvalue weighted by atomic mass is 9.98. The van der Waals surface area contributed by atoms with Crippen LogP contribution in [0.3, 0.4) is 0 Å². The minimum atomic E-state index is 0.923. The number of hydrogen-bond donors (Lipinski definition) is 0. The summed E-state index contributed by atoms with van der Waals surface area (Å²) in [5, 5.41) is 7.10. The highest BCUT2D eigenvalue weighted by atomic mass is 15.0. The highest BCUT2D eigenvalue weighted by Crippen LogP contribution is 2.49. The molecule has 0 fully saturated rings. The molecule has 5 aromatic heterocycles. The van der Waals surface area contributed by atoms with Gasteiger partial charge in [-0.25, -0.2) is 4.98 Å². The minimum Gasteiger partial charge on any atom is -0.309 e. The molecule has 5 heteroatoms. The van der Waals surface area contributed by atoms with Gasteiger partial charge in [0.25, 0.3) is 0 Å². The molecule has 0 saturated heterocycles. The van der Waals surface area contributed by atoms with Crippen LogP contribution >= 0.6 is 0 Å². The van der Waals surface area contributed by atoms with E-state index in [0.29, 0.717) is 0 Å². The predicted octanol–water partition coefficient (Wildman–Crippen LogP) is 9.23. The molecule has 10 rings (SSSR count). The number of nitrogens with zero attached hydrogens (tertiary/aromatic N) is 5. The van der Waals surface area contributed by atoms with Crippen LogP contribution in [0.4, 0.5) is 0 Å². The highest BCUT2D eigenvalue weighted by Gasteiger charge is 2.27. The van der Waals surface area contributed by atoms with Gasteiger partial charge in [0, 0.05) is 56.9 Å². The van der Waals surface area contributed by atoms with Crippen molar-refractivity contribution in [3.05, 3.63) is 140 Å². The Morgan fingerprint density at radius 1 is 0.419 bits per heavy atom. The number of benzene rings is 5. The molecular formula is C38H23N5. The minimum absolute atomic E-state index is 0.923. The summed E-state index contributed by atoms with van der Waals surface area (Å²) in [6, 6.07) is 43.1. The van der Waals surface area contributed by atoms with Crippen LogP contribution in [0.2, 0.25) is 0 Å². The zero-order valence-electron chi connectivity index (χ0n) is 23.0. The van der Waals surface area contributed by atoms with Crippen molar-refractivity contribution >= 4 is 71.1 Å². The number of rotatable bonds is 2. The Hall–Kier alpha value is -5.94. The molecule has 5 heterocycles. The lowest BCUT2D eigenvalue weighted by Crippen LogP contribution is -2.00. The number of imidazole rings is 1. The van der Waals surface area contributed by atoms with Crippen molar-refractivity contribution in [3.8, 4) is 11.4 Å². The Balaban J connectivity index is 1.66. The Morgan fingerprint density at radius 3 is 1.58 bits per heavy atom. The van der Waals surface area contributed by atoms with Gasteiger partial charge in [-0.3, -0.25) is 9.38 Å². The average molecular weight is 550 g/mol. The van der Waals surface area contributed by atoms with Gasteiger partial charge in [0.1, 0.15) is 5.65 Å². The maximum Gasteiger partial charge on any atom is 0.147 e. The predicted molar refractivity (Wildman–Crippen MR) is 177 cm³/mol. The third kappa shape index (κ3) is 2.85. The topological polar surface area (TPSA) is 40.0 Å². The molecule has 0 N–H and O–H groups in total. The maximum absolute atomic E-state index is 5.09. The van der Waals surface area contributed by atoms with Crippen molar-refractivity contribution in [1.82, 2.24) is 23.5 Å².